The topological polar surface area (TPSA) is 58.2 Å². The molecule has 1 saturated carbocycles. The lowest BCUT2D eigenvalue weighted by Crippen LogP contribution is -2.35. The van der Waals surface area contributed by atoms with Crippen molar-refractivity contribution >= 4 is 29.1 Å². The highest BCUT2D eigenvalue weighted by Gasteiger charge is 2.29. The van der Waals surface area contributed by atoms with Crippen molar-refractivity contribution in [1.82, 2.24) is 5.32 Å². The van der Waals surface area contributed by atoms with Gasteiger partial charge in [-0.2, -0.15) is 0 Å². The second-order valence-electron chi connectivity index (χ2n) is 5.55. The number of amides is 2. The molecule has 1 aliphatic carbocycles. The Hall–Kier alpha value is -1.81. The highest BCUT2D eigenvalue weighted by Crippen LogP contribution is 2.30. The zero-order valence-electron chi connectivity index (χ0n) is 12.5. The third kappa shape index (κ3) is 4.34. The van der Waals surface area contributed by atoms with Crippen LogP contribution < -0.4 is 10.6 Å². The summed E-state index contributed by atoms with van der Waals surface area (Å²) in [6, 6.07) is 7.19. The van der Waals surface area contributed by atoms with Gasteiger partial charge in [-0.05, 0) is 37.8 Å². The van der Waals surface area contributed by atoms with Gasteiger partial charge in [-0.25, -0.2) is 0 Å². The summed E-state index contributed by atoms with van der Waals surface area (Å²) in [5.74, 6) is -0.00745. The van der Waals surface area contributed by atoms with Gasteiger partial charge >= 0.3 is 0 Å². The molecule has 0 saturated heterocycles. The summed E-state index contributed by atoms with van der Waals surface area (Å²) in [7, 11) is 0. The van der Waals surface area contributed by atoms with Crippen LogP contribution >= 0.6 is 11.6 Å². The van der Waals surface area contributed by atoms with Crippen molar-refractivity contribution in [1.29, 1.82) is 0 Å². The molecule has 2 amide bonds. The van der Waals surface area contributed by atoms with E-state index in [2.05, 4.69) is 17.2 Å². The molecule has 0 aliphatic heterocycles. The SMILES string of the molecule is C=CCNC(=O)C1CCC(C(=O)Nc2ccccc2Cl)CC1. The van der Waals surface area contributed by atoms with Crippen LogP contribution in [0.3, 0.4) is 0 Å². The van der Waals surface area contributed by atoms with E-state index in [9.17, 15) is 9.59 Å². The maximum atomic E-state index is 12.3. The Kier molecular flexibility index (Phi) is 6.01. The molecule has 1 fully saturated rings. The number of hydrogen-bond acceptors (Lipinski definition) is 2. The first-order valence-corrected chi connectivity index (χ1v) is 7.93. The minimum Gasteiger partial charge on any atom is -0.352 e. The van der Waals surface area contributed by atoms with E-state index in [1.54, 1.807) is 18.2 Å². The van der Waals surface area contributed by atoms with E-state index in [-0.39, 0.29) is 23.7 Å². The number of para-hydroxylation sites is 1. The van der Waals surface area contributed by atoms with Crippen LogP contribution in [0.5, 0.6) is 0 Å². The van der Waals surface area contributed by atoms with E-state index in [0.29, 0.717) is 17.3 Å². The molecule has 4 nitrogen and oxygen atoms in total. The molecule has 0 atom stereocenters. The first-order chi connectivity index (χ1) is 10.6. The normalized spacial score (nSPS) is 21.0. The summed E-state index contributed by atoms with van der Waals surface area (Å²) in [6.07, 6.45) is 4.60. The van der Waals surface area contributed by atoms with Gasteiger partial charge in [0.05, 0.1) is 10.7 Å². The van der Waals surface area contributed by atoms with Gasteiger partial charge in [0.1, 0.15) is 0 Å². The van der Waals surface area contributed by atoms with E-state index in [1.165, 1.54) is 0 Å². The predicted octanol–water partition coefficient (Wildman–Crippen LogP) is 3.39. The first-order valence-electron chi connectivity index (χ1n) is 7.55. The number of halogens is 1. The summed E-state index contributed by atoms with van der Waals surface area (Å²) in [5, 5.41) is 6.23. The lowest BCUT2D eigenvalue weighted by atomic mass is 9.81. The molecule has 0 bridgehead atoms. The smallest absolute Gasteiger partial charge is 0.227 e. The number of carbonyl (C=O) groups excluding carboxylic acids is 2. The van der Waals surface area contributed by atoms with Gasteiger partial charge in [-0.15, -0.1) is 6.58 Å². The number of hydrogen-bond donors (Lipinski definition) is 2. The van der Waals surface area contributed by atoms with Crippen LogP contribution in [-0.4, -0.2) is 18.4 Å². The number of benzene rings is 1. The maximum absolute atomic E-state index is 12.3. The number of nitrogens with one attached hydrogen (secondary N) is 2. The highest BCUT2D eigenvalue weighted by molar-refractivity contribution is 6.33. The Bertz CT molecular complexity index is 551. The van der Waals surface area contributed by atoms with Gasteiger partial charge in [-0.1, -0.05) is 29.8 Å². The van der Waals surface area contributed by atoms with Crippen LogP contribution in [-0.2, 0) is 9.59 Å². The lowest BCUT2D eigenvalue weighted by molar-refractivity contribution is -0.128. The molecule has 0 aromatic heterocycles. The van der Waals surface area contributed by atoms with Crippen molar-refractivity contribution in [3.05, 3.63) is 41.9 Å². The van der Waals surface area contributed by atoms with Gasteiger partial charge in [0.15, 0.2) is 0 Å². The van der Waals surface area contributed by atoms with Crippen molar-refractivity contribution in [2.24, 2.45) is 11.8 Å². The first kappa shape index (κ1) is 16.6. The molecule has 1 aromatic carbocycles. The zero-order valence-corrected chi connectivity index (χ0v) is 13.2. The molecule has 2 N–H and O–H groups in total. The van der Waals surface area contributed by atoms with Crippen LogP contribution in [0.2, 0.25) is 5.02 Å². The molecular formula is C17H21ClN2O2. The fourth-order valence-corrected chi connectivity index (χ4v) is 2.92. The quantitative estimate of drug-likeness (QED) is 0.817. The van der Waals surface area contributed by atoms with Crippen LogP contribution in [0, 0.1) is 11.8 Å². The fourth-order valence-electron chi connectivity index (χ4n) is 2.73. The summed E-state index contributed by atoms with van der Waals surface area (Å²) < 4.78 is 0. The van der Waals surface area contributed by atoms with Gasteiger partial charge in [0, 0.05) is 18.4 Å². The van der Waals surface area contributed by atoms with Crippen molar-refractivity contribution in [2.75, 3.05) is 11.9 Å². The van der Waals surface area contributed by atoms with E-state index >= 15 is 0 Å². The van der Waals surface area contributed by atoms with E-state index < -0.39 is 0 Å². The van der Waals surface area contributed by atoms with Crippen LogP contribution in [0.25, 0.3) is 0 Å². The molecule has 5 heteroatoms. The number of carbonyl (C=O) groups is 2. The number of rotatable bonds is 5. The molecule has 1 aliphatic rings. The molecule has 2 rings (SSSR count). The molecule has 0 spiro atoms. The molecule has 1 aromatic rings. The summed E-state index contributed by atoms with van der Waals surface area (Å²) in [6.45, 7) is 4.07. The van der Waals surface area contributed by atoms with Gasteiger partial charge in [0.2, 0.25) is 11.8 Å². The molecule has 0 radical (unpaired) electrons. The minimum absolute atomic E-state index is 0.00399. The third-order valence-electron chi connectivity index (χ3n) is 4.02. The molecule has 0 heterocycles. The van der Waals surface area contributed by atoms with Gasteiger partial charge in [0.25, 0.3) is 0 Å². The highest BCUT2D eigenvalue weighted by atomic mass is 35.5. The molecule has 22 heavy (non-hydrogen) atoms. The zero-order chi connectivity index (χ0) is 15.9. The Labute approximate surface area is 135 Å². The Morgan fingerprint density at radius 1 is 1.14 bits per heavy atom. The van der Waals surface area contributed by atoms with Crippen molar-refractivity contribution in [3.63, 3.8) is 0 Å². The van der Waals surface area contributed by atoms with Crippen molar-refractivity contribution < 1.29 is 9.59 Å². The van der Waals surface area contributed by atoms with Gasteiger partial charge in [-0.3, -0.25) is 9.59 Å². The average Bonchev–Trinajstić information content (AvgIpc) is 2.55. The monoisotopic (exact) mass is 320 g/mol. The Balaban J connectivity index is 1.83. The lowest BCUT2D eigenvalue weighted by Gasteiger charge is -2.27. The Morgan fingerprint density at radius 3 is 2.32 bits per heavy atom. The maximum Gasteiger partial charge on any atom is 0.227 e. The third-order valence-corrected chi connectivity index (χ3v) is 4.35. The van der Waals surface area contributed by atoms with Gasteiger partial charge < -0.3 is 10.6 Å². The largest absolute Gasteiger partial charge is 0.352 e. The minimum atomic E-state index is -0.0558. The molecule has 0 unspecified atom stereocenters. The standard InChI is InChI=1S/C17H21ClN2O2/c1-2-11-19-16(21)12-7-9-13(10-8-12)17(22)20-15-6-4-3-5-14(15)18/h2-6,12-13H,1,7-11H2,(H,19,21)(H,20,22). The summed E-state index contributed by atoms with van der Waals surface area (Å²) >= 11 is 6.04. The second kappa shape index (κ2) is 7.99. The van der Waals surface area contributed by atoms with Crippen LogP contribution in [0.1, 0.15) is 25.7 Å². The summed E-state index contributed by atoms with van der Waals surface area (Å²) in [5.41, 5.74) is 0.639. The summed E-state index contributed by atoms with van der Waals surface area (Å²) in [4.78, 5) is 24.2. The van der Waals surface area contributed by atoms with Crippen molar-refractivity contribution in [3.8, 4) is 0 Å². The Morgan fingerprint density at radius 2 is 1.73 bits per heavy atom. The predicted molar refractivity (Wildman–Crippen MR) is 88.7 cm³/mol. The van der Waals surface area contributed by atoms with E-state index in [4.69, 9.17) is 11.6 Å². The number of anilines is 1. The van der Waals surface area contributed by atoms with E-state index in [0.717, 1.165) is 25.7 Å². The molecule has 118 valence electrons. The fraction of sp³-hybridized carbons (Fsp3) is 0.412. The van der Waals surface area contributed by atoms with Crippen LogP contribution in [0.15, 0.2) is 36.9 Å². The van der Waals surface area contributed by atoms with Crippen LogP contribution in [0.4, 0.5) is 5.69 Å². The molecular weight excluding hydrogens is 300 g/mol. The van der Waals surface area contributed by atoms with E-state index in [1.807, 2.05) is 12.1 Å². The van der Waals surface area contributed by atoms with Crippen molar-refractivity contribution in [2.45, 2.75) is 25.7 Å². The average molecular weight is 321 g/mol. The second-order valence-corrected chi connectivity index (χ2v) is 5.96.